The smallest absolute Gasteiger partial charge is 0.242 e. The molecule has 4 heterocycles. The minimum atomic E-state index is -1.98. The van der Waals surface area contributed by atoms with Crippen LogP contribution < -0.4 is 10.1 Å². The standard InChI is InChI=1S/C33H46F2N8O4Si/c1-21(30(44)38-26-16-37-29(17-36-26)47-25-11-10-23(34)15-24(25)35)41-13-14-43(33(5,6)20-41)31(45)22-9-12-27-39-40-28(42(27)18-22)19-46-48(7,8)32(2,3)4/h10-11,15-17,21-22H,9,12-14,18-20H2,1-8H3,(H,36,38,44)/t21-,22?/m0/s1. The van der Waals surface area contributed by atoms with Gasteiger partial charge in [-0.05, 0) is 57.5 Å². The number of rotatable bonds is 9. The zero-order chi connectivity index (χ0) is 35.0. The van der Waals surface area contributed by atoms with Gasteiger partial charge in [0.15, 0.2) is 31.5 Å². The number of piperazine rings is 1. The van der Waals surface area contributed by atoms with Crippen molar-refractivity contribution >= 4 is 25.9 Å². The summed E-state index contributed by atoms with van der Waals surface area (Å²) < 4.78 is 40.9. The lowest BCUT2D eigenvalue weighted by Crippen LogP contribution is -2.64. The third-order valence-corrected chi connectivity index (χ3v) is 14.3. The lowest BCUT2D eigenvalue weighted by molar-refractivity contribution is -0.147. The van der Waals surface area contributed by atoms with E-state index >= 15 is 0 Å². The van der Waals surface area contributed by atoms with Crippen molar-refractivity contribution in [3.63, 3.8) is 0 Å². The predicted octanol–water partition coefficient (Wildman–Crippen LogP) is 5.17. The summed E-state index contributed by atoms with van der Waals surface area (Å²) in [6, 6.07) is 2.43. The second-order valence-electron chi connectivity index (χ2n) is 14.8. The normalized spacial score (nSPS) is 19.0. The summed E-state index contributed by atoms with van der Waals surface area (Å²) in [7, 11) is -1.98. The number of hydrogen-bond acceptors (Lipinski definition) is 9. The third kappa shape index (κ3) is 7.73. The number of anilines is 1. The number of hydrogen-bond donors (Lipinski definition) is 1. The van der Waals surface area contributed by atoms with Crippen LogP contribution in [0.25, 0.3) is 0 Å². The van der Waals surface area contributed by atoms with E-state index in [2.05, 4.69) is 68.8 Å². The average Bonchev–Trinajstić information content (AvgIpc) is 3.43. The number of nitrogens with zero attached hydrogens (tertiary/aromatic N) is 7. The molecule has 15 heteroatoms. The van der Waals surface area contributed by atoms with Crippen molar-refractivity contribution in [3.8, 4) is 11.6 Å². The highest BCUT2D eigenvalue weighted by atomic mass is 28.4. The topological polar surface area (TPSA) is 128 Å². The predicted molar refractivity (Wildman–Crippen MR) is 178 cm³/mol. The second-order valence-corrected chi connectivity index (χ2v) is 19.6. The van der Waals surface area contributed by atoms with Gasteiger partial charge in [-0.25, -0.2) is 18.7 Å². The summed E-state index contributed by atoms with van der Waals surface area (Å²) in [5.74, 6) is -0.305. The van der Waals surface area contributed by atoms with E-state index in [9.17, 15) is 18.4 Å². The Morgan fingerprint density at radius 2 is 1.88 bits per heavy atom. The minimum absolute atomic E-state index is 0.0108. The molecule has 2 amide bonds. The van der Waals surface area contributed by atoms with E-state index in [1.54, 1.807) is 0 Å². The fourth-order valence-electron chi connectivity index (χ4n) is 5.81. The molecule has 3 aromatic rings. The van der Waals surface area contributed by atoms with Crippen molar-refractivity contribution < 1.29 is 27.5 Å². The minimum Gasteiger partial charge on any atom is -0.434 e. The molecule has 1 unspecified atom stereocenters. The molecule has 1 saturated heterocycles. The van der Waals surface area contributed by atoms with Crippen molar-refractivity contribution in [2.75, 3.05) is 25.0 Å². The number of nitrogens with one attached hydrogen (secondary N) is 1. The molecule has 0 aliphatic carbocycles. The second kappa shape index (κ2) is 13.6. The van der Waals surface area contributed by atoms with Gasteiger partial charge in [-0.2, -0.15) is 0 Å². The van der Waals surface area contributed by atoms with Crippen molar-refractivity contribution in [2.45, 2.75) is 97.2 Å². The van der Waals surface area contributed by atoms with Crippen LogP contribution in [0.1, 0.15) is 59.6 Å². The first-order valence-electron chi connectivity index (χ1n) is 16.3. The summed E-state index contributed by atoms with van der Waals surface area (Å²) in [6.07, 6.45) is 3.94. The highest BCUT2D eigenvalue weighted by Gasteiger charge is 2.43. The Balaban J connectivity index is 1.16. The Kier molecular flexibility index (Phi) is 10.0. The Labute approximate surface area is 281 Å². The molecule has 260 valence electrons. The van der Waals surface area contributed by atoms with Gasteiger partial charge in [0.25, 0.3) is 0 Å². The van der Waals surface area contributed by atoms with E-state index in [0.29, 0.717) is 51.7 Å². The molecule has 12 nitrogen and oxygen atoms in total. The fourth-order valence-corrected chi connectivity index (χ4v) is 6.73. The average molecular weight is 685 g/mol. The van der Waals surface area contributed by atoms with Crippen molar-refractivity contribution in [1.82, 2.24) is 34.5 Å². The number of ether oxygens (including phenoxy) is 1. The van der Waals surface area contributed by atoms with Crippen LogP contribution in [0.2, 0.25) is 18.1 Å². The number of carbonyl (C=O) groups is 2. The third-order valence-electron chi connectivity index (χ3n) is 9.85. The summed E-state index contributed by atoms with van der Waals surface area (Å²) >= 11 is 0. The Hall–Kier alpha value is -3.82. The van der Waals surface area contributed by atoms with E-state index in [1.165, 1.54) is 12.4 Å². The highest BCUT2D eigenvalue weighted by molar-refractivity contribution is 6.74. The van der Waals surface area contributed by atoms with Gasteiger partial charge in [-0.15, -0.1) is 10.2 Å². The summed E-state index contributed by atoms with van der Waals surface area (Å²) in [5.41, 5.74) is -0.514. The maximum absolute atomic E-state index is 14.0. The van der Waals surface area contributed by atoms with E-state index in [0.717, 1.165) is 23.8 Å². The maximum Gasteiger partial charge on any atom is 0.242 e. The number of aromatic nitrogens is 5. The number of amides is 2. The molecular weight excluding hydrogens is 638 g/mol. The number of aryl methyl sites for hydroxylation is 1. The lowest BCUT2D eigenvalue weighted by atomic mass is 9.91. The van der Waals surface area contributed by atoms with Gasteiger partial charge >= 0.3 is 0 Å². The summed E-state index contributed by atoms with van der Waals surface area (Å²) in [5, 5.41) is 11.7. The molecule has 2 aliphatic heterocycles. The first kappa shape index (κ1) is 35.5. The van der Waals surface area contributed by atoms with Crippen LogP contribution in [0, 0.1) is 17.6 Å². The molecule has 0 radical (unpaired) electrons. The number of halogens is 2. The SMILES string of the molecule is C[C@@H](C(=O)Nc1cnc(Oc2ccc(F)cc2F)cn1)N1CCN(C(=O)C2CCc3nnc(CO[Si](C)(C)C(C)(C)C)n3C2)C(C)(C)C1. The molecule has 1 fully saturated rings. The largest absolute Gasteiger partial charge is 0.434 e. The van der Waals surface area contributed by atoms with E-state index in [4.69, 9.17) is 9.16 Å². The lowest BCUT2D eigenvalue weighted by Gasteiger charge is -2.49. The van der Waals surface area contributed by atoms with Crippen LogP contribution in [0.15, 0.2) is 30.6 Å². The van der Waals surface area contributed by atoms with Gasteiger partial charge < -0.3 is 23.9 Å². The maximum atomic E-state index is 14.0. The van der Waals surface area contributed by atoms with E-state index in [-0.39, 0.29) is 40.2 Å². The highest BCUT2D eigenvalue weighted by Crippen LogP contribution is 2.37. The monoisotopic (exact) mass is 684 g/mol. The molecule has 1 N–H and O–H groups in total. The zero-order valence-electron chi connectivity index (χ0n) is 29.0. The molecule has 1 aromatic carbocycles. The van der Waals surface area contributed by atoms with Crippen LogP contribution in [0.3, 0.4) is 0 Å². The van der Waals surface area contributed by atoms with Crippen LogP contribution in [0.4, 0.5) is 14.6 Å². The van der Waals surface area contributed by atoms with Crippen LogP contribution in [-0.2, 0) is 33.6 Å². The van der Waals surface area contributed by atoms with Gasteiger partial charge in [-0.3, -0.25) is 14.5 Å². The molecule has 2 aliphatic rings. The van der Waals surface area contributed by atoms with Crippen LogP contribution in [-0.4, -0.2) is 85.9 Å². The first-order valence-corrected chi connectivity index (χ1v) is 19.2. The van der Waals surface area contributed by atoms with Gasteiger partial charge in [0.05, 0.1) is 36.5 Å². The van der Waals surface area contributed by atoms with Crippen LogP contribution >= 0.6 is 0 Å². The van der Waals surface area contributed by atoms with E-state index < -0.39 is 31.5 Å². The summed E-state index contributed by atoms with van der Waals surface area (Å²) in [6.45, 7) is 19.3. The Bertz CT molecular complexity index is 1640. The molecule has 0 bridgehead atoms. The van der Waals surface area contributed by atoms with Crippen molar-refractivity contribution in [1.29, 1.82) is 0 Å². The molecule has 48 heavy (non-hydrogen) atoms. The molecule has 2 aromatic heterocycles. The van der Waals surface area contributed by atoms with Gasteiger partial charge in [0.2, 0.25) is 17.7 Å². The van der Waals surface area contributed by atoms with Gasteiger partial charge in [0, 0.05) is 38.7 Å². The number of carbonyl (C=O) groups excluding carboxylic acids is 2. The molecule has 5 rings (SSSR count). The summed E-state index contributed by atoms with van der Waals surface area (Å²) in [4.78, 5) is 39.4. The molecular formula is C33H46F2N8O4Si. The number of fused-ring (bicyclic) bond motifs is 1. The van der Waals surface area contributed by atoms with Crippen molar-refractivity contribution in [3.05, 3.63) is 53.9 Å². The van der Waals surface area contributed by atoms with Gasteiger partial charge in [-0.1, -0.05) is 20.8 Å². The Morgan fingerprint density at radius 1 is 1.12 bits per heavy atom. The first-order chi connectivity index (χ1) is 22.4. The fraction of sp³-hybridized carbons (Fsp3) is 0.576. The van der Waals surface area contributed by atoms with Crippen molar-refractivity contribution in [2.24, 2.45) is 5.92 Å². The van der Waals surface area contributed by atoms with Gasteiger partial charge in [0.1, 0.15) is 11.6 Å². The molecule has 2 atom stereocenters. The zero-order valence-corrected chi connectivity index (χ0v) is 30.0. The quantitative estimate of drug-likeness (QED) is 0.304. The van der Waals surface area contributed by atoms with Crippen LogP contribution in [0.5, 0.6) is 11.6 Å². The molecule has 0 saturated carbocycles. The number of benzene rings is 1. The molecule has 0 spiro atoms. The Morgan fingerprint density at radius 3 is 2.52 bits per heavy atom. The van der Waals surface area contributed by atoms with E-state index in [1.807, 2.05) is 25.7 Å².